The number of carbonyl (C=O) groups excluding carboxylic acids is 1. The topological polar surface area (TPSA) is 170 Å². The molecule has 6 aromatic rings. The van der Waals surface area contributed by atoms with Gasteiger partial charge in [-0.2, -0.15) is 0 Å². The number of rotatable bonds is 15. The predicted molar refractivity (Wildman–Crippen MR) is 209 cm³/mol. The number of oxazole rings is 1. The first-order valence-electron chi connectivity index (χ1n) is 18.2. The van der Waals surface area contributed by atoms with Crippen molar-refractivity contribution in [1.29, 1.82) is 0 Å². The smallest absolute Gasteiger partial charge is 0.419 e. The van der Waals surface area contributed by atoms with Gasteiger partial charge in [-0.15, -0.1) is 22.7 Å². The summed E-state index contributed by atoms with van der Waals surface area (Å²) in [6.07, 6.45) is 3.83. The number of hydrogen-bond donors (Lipinski definition) is 5. The van der Waals surface area contributed by atoms with Gasteiger partial charge in [-0.1, -0.05) is 24.3 Å². The monoisotopic (exact) mass is 772 g/mol. The highest BCUT2D eigenvalue weighted by molar-refractivity contribution is 7.12. The Bertz CT molecular complexity index is 2270. The molecule has 2 aromatic carbocycles. The number of pyridine rings is 1. The second-order valence-electron chi connectivity index (χ2n) is 13.9. The normalized spacial score (nSPS) is 17.0. The van der Waals surface area contributed by atoms with E-state index in [1.807, 2.05) is 41.1 Å². The van der Waals surface area contributed by atoms with E-state index < -0.39 is 23.4 Å². The number of benzene rings is 2. The molecule has 0 unspecified atom stereocenters. The van der Waals surface area contributed by atoms with E-state index in [-0.39, 0.29) is 29.5 Å². The average Bonchev–Trinajstić information content (AvgIpc) is 3.97. The third-order valence-electron chi connectivity index (χ3n) is 10.4. The Labute approximate surface area is 319 Å². The molecule has 7 rings (SSSR count). The molecule has 4 aromatic heterocycles. The van der Waals surface area contributed by atoms with Crippen molar-refractivity contribution in [3.63, 3.8) is 0 Å². The fraction of sp³-hybridized carbons (Fsp3) is 0.375. The molecule has 1 aliphatic carbocycles. The first-order chi connectivity index (χ1) is 26.1. The highest BCUT2D eigenvalue weighted by atomic mass is 32.1. The van der Waals surface area contributed by atoms with Gasteiger partial charge in [0.2, 0.25) is 11.2 Å². The first kappa shape index (κ1) is 37.7. The summed E-state index contributed by atoms with van der Waals surface area (Å²) in [6.45, 7) is 2.06. The minimum atomic E-state index is -1.79. The van der Waals surface area contributed by atoms with Gasteiger partial charge in [0, 0.05) is 37.1 Å². The summed E-state index contributed by atoms with van der Waals surface area (Å²) in [6, 6.07) is 19.2. The van der Waals surface area contributed by atoms with Crippen LogP contribution in [0, 0.1) is 0 Å². The minimum Gasteiger partial charge on any atom is -0.506 e. The summed E-state index contributed by atoms with van der Waals surface area (Å²) in [5.74, 6) is -1.07. The van der Waals surface area contributed by atoms with Crippen molar-refractivity contribution in [2.45, 2.75) is 75.5 Å². The summed E-state index contributed by atoms with van der Waals surface area (Å²) in [5, 5.41) is 40.1. The largest absolute Gasteiger partial charge is 0.506 e. The molecule has 1 fully saturated rings. The van der Waals surface area contributed by atoms with E-state index >= 15 is 0 Å². The van der Waals surface area contributed by atoms with E-state index in [0.29, 0.717) is 45.4 Å². The summed E-state index contributed by atoms with van der Waals surface area (Å²) in [4.78, 5) is 44.0. The number of nitrogens with one attached hydrogen (secondary N) is 2. The summed E-state index contributed by atoms with van der Waals surface area (Å²) < 4.78 is 13.2. The molecule has 0 bridgehead atoms. The molecular formula is C40H44N4O8S2. The number of unbranched alkanes of at least 4 members (excludes halogenated alkanes) is 1. The molecule has 0 aliphatic heterocycles. The van der Waals surface area contributed by atoms with Gasteiger partial charge in [0.1, 0.15) is 11.9 Å². The molecule has 1 atom stereocenters. The van der Waals surface area contributed by atoms with Crippen LogP contribution in [0.4, 0.5) is 0 Å². The van der Waals surface area contributed by atoms with Crippen LogP contribution >= 0.6 is 22.7 Å². The molecule has 12 nitrogen and oxygen atoms in total. The van der Waals surface area contributed by atoms with Crippen LogP contribution in [0.3, 0.4) is 0 Å². The number of nitrogens with zero attached hydrogens (tertiary/aromatic N) is 2. The maximum absolute atomic E-state index is 13.4. The van der Waals surface area contributed by atoms with E-state index in [0.717, 1.165) is 56.1 Å². The van der Waals surface area contributed by atoms with Gasteiger partial charge in [0.05, 0.1) is 26.9 Å². The average molecular weight is 773 g/mol. The number of carbonyl (C=O) groups is 1. The Morgan fingerprint density at radius 3 is 2.48 bits per heavy atom. The second kappa shape index (κ2) is 16.4. The predicted octanol–water partition coefficient (Wildman–Crippen LogP) is 5.59. The molecule has 0 radical (unpaired) electrons. The van der Waals surface area contributed by atoms with Crippen LogP contribution in [-0.2, 0) is 28.2 Å². The summed E-state index contributed by atoms with van der Waals surface area (Å²) >= 11 is 2.68. The number of aromatic amines is 1. The maximum atomic E-state index is 13.4. The SMILES string of the molecule is CN(CCCCn1c(=O)oc2cc(CNC[C@@H](O)c3ccc(O)c4[nH]c(=O)ccc34)ccc21)C1CCC(OC(=O)C(O)(c2cccs2)c2cccs2)CC1. The lowest BCUT2D eigenvalue weighted by atomic mass is 9.91. The Hall–Kier alpha value is -4.57. The molecule has 4 heterocycles. The quantitative estimate of drug-likeness (QED) is 0.0655. The molecule has 0 saturated heterocycles. The van der Waals surface area contributed by atoms with Gasteiger partial charge in [-0.05, 0) is 110 Å². The van der Waals surface area contributed by atoms with Gasteiger partial charge >= 0.3 is 11.7 Å². The van der Waals surface area contributed by atoms with Crippen molar-refractivity contribution in [3.05, 3.63) is 119 Å². The van der Waals surface area contributed by atoms with Crippen LogP contribution in [0.25, 0.3) is 22.0 Å². The van der Waals surface area contributed by atoms with Crippen molar-refractivity contribution >= 4 is 50.6 Å². The van der Waals surface area contributed by atoms with Crippen molar-refractivity contribution in [2.24, 2.45) is 0 Å². The molecule has 0 amide bonds. The number of aryl methyl sites for hydroxylation is 1. The number of aromatic nitrogens is 2. The number of H-pyrrole nitrogens is 1. The molecular weight excluding hydrogens is 729 g/mol. The van der Waals surface area contributed by atoms with Gasteiger partial charge in [0.25, 0.3) is 0 Å². The number of aliphatic hydroxyl groups excluding tert-OH is 1. The standard InChI is InChI=1S/C40H44N4O8S2/c1-43(26-9-11-27(12-10-26)51-38(48)40(50,34-6-4-20-53-34)35-7-5-21-54-35)18-2-3-19-44-30-15-8-25(22-33(30)52-39(44)49)23-41-24-32(46)28-13-16-31(45)37-29(28)14-17-36(47)42-37/h4-8,13-17,20-22,26-27,32,41,45-46,50H,2-3,9-12,18-19,23-24H2,1H3,(H,42,47)/t26?,27?,32-/m1/s1. The summed E-state index contributed by atoms with van der Waals surface area (Å²) in [7, 11) is 2.12. The van der Waals surface area contributed by atoms with Crippen LogP contribution in [0.1, 0.15) is 65.5 Å². The molecule has 0 spiro atoms. The van der Waals surface area contributed by atoms with E-state index in [4.69, 9.17) is 9.15 Å². The van der Waals surface area contributed by atoms with Crippen molar-refractivity contribution in [2.75, 3.05) is 20.1 Å². The Morgan fingerprint density at radius 2 is 1.78 bits per heavy atom. The van der Waals surface area contributed by atoms with Crippen molar-refractivity contribution < 1.29 is 29.3 Å². The van der Waals surface area contributed by atoms with Gasteiger partial charge < -0.3 is 39.7 Å². The third kappa shape index (κ3) is 7.95. The Kier molecular flexibility index (Phi) is 11.5. The maximum Gasteiger partial charge on any atom is 0.419 e. The third-order valence-corrected chi connectivity index (χ3v) is 12.4. The van der Waals surface area contributed by atoms with Gasteiger partial charge in [-0.25, -0.2) is 9.59 Å². The van der Waals surface area contributed by atoms with Gasteiger partial charge in [0.15, 0.2) is 5.58 Å². The number of ether oxygens (including phenoxy) is 1. The molecule has 14 heteroatoms. The van der Waals surface area contributed by atoms with Crippen LogP contribution in [0.15, 0.2) is 91.5 Å². The molecule has 54 heavy (non-hydrogen) atoms. The lowest BCUT2D eigenvalue weighted by Crippen LogP contribution is -2.42. The number of hydrogen-bond acceptors (Lipinski definition) is 12. The number of thiophene rings is 2. The summed E-state index contributed by atoms with van der Waals surface area (Å²) in [5.41, 5.74) is 0.868. The number of fused-ring (bicyclic) bond motifs is 2. The zero-order valence-corrected chi connectivity index (χ0v) is 31.5. The number of phenolic OH excluding ortho intramolecular Hbond substituents is 1. The molecule has 1 saturated carbocycles. The van der Waals surface area contributed by atoms with Gasteiger partial charge in [-0.3, -0.25) is 9.36 Å². The number of aliphatic hydroxyl groups is 2. The van der Waals surface area contributed by atoms with E-state index in [9.17, 15) is 29.7 Å². The lowest BCUT2D eigenvalue weighted by Gasteiger charge is -2.35. The number of phenols is 1. The van der Waals surface area contributed by atoms with E-state index in [1.54, 1.807) is 28.8 Å². The van der Waals surface area contributed by atoms with Crippen molar-refractivity contribution in [3.8, 4) is 5.75 Å². The van der Waals surface area contributed by atoms with Crippen LogP contribution in [-0.4, -0.2) is 68.0 Å². The first-order valence-corrected chi connectivity index (χ1v) is 20.0. The second-order valence-corrected chi connectivity index (χ2v) is 15.8. The Balaban J connectivity index is 0.857. The molecule has 284 valence electrons. The fourth-order valence-corrected chi connectivity index (χ4v) is 9.10. The molecule has 1 aliphatic rings. The highest BCUT2D eigenvalue weighted by Crippen LogP contribution is 2.38. The Morgan fingerprint density at radius 1 is 1.04 bits per heavy atom. The van der Waals surface area contributed by atoms with Crippen molar-refractivity contribution in [1.82, 2.24) is 19.8 Å². The van der Waals surface area contributed by atoms with Crippen LogP contribution in [0.5, 0.6) is 5.75 Å². The highest BCUT2D eigenvalue weighted by Gasteiger charge is 2.45. The zero-order valence-electron chi connectivity index (χ0n) is 29.9. The zero-order chi connectivity index (χ0) is 37.8. The van der Waals surface area contributed by atoms with E-state index in [1.165, 1.54) is 34.8 Å². The van der Waals surface area contributed by atoms with Crippen LogP contribution in [0.2, 0.25) is 0 Å². The fourth-order valence-electron chi connectivity index (χ4n) is 7.39. The molecule has 5 N–H and O–H groups in total. The number of esters is 1. The van der Waals surface area contributed by atoms with Crippen LogP contribution < -0.4 is 16.6 Å². The number of aromatic hydroxyl groups is 1. The van der Waals surface area contributed by atoms with E-state index in [2.05, 4.69) is 22.2 Å². The lowest BCUT2D eigenvalue weighted by molar-refractivity contribution is -0.169. The minimum absolute atomic E-state index is 0.0620.